The van der Waals surface area contributed by atoms with Crippen molar-refractivity contribution in [3.63, 3.8) is 0 Å². The average Bonchev–Trinajstić information content (AvgIpc) is 2.73. The lowest BCUT2D eigenvalue weighted by atomic mass is 9.95. The van der Waals surface area contributed by atoms with Gasteiger partial charge in [0.2, 0.25) is 0 Å². The van der Waals surface area contributed by atoms with Gasteiger partial charge in [-0.3, -0.25) is 0 Å². The fraction of sp³-hybridized carbons (Fsp3) is 0.174. The van der Waals surface area contributed by atoms with E-state index in [0.29, 0.717) is 22.6 Å². The number of rotatable bonds is 6. The molecule has 0 aromatic heterocycles. The third kappa shape index (κ3) is 5.14. The number of ether oxygens (including phenoxy) is 2. The molecule has 1 atom stereocenters. The van der Waals surface area contributed by atoms with Crippen molar-refractivity contribution in [2.45, 2.75) is 19.9 Å². The molecule has 1 unspecified atom stereocenters. The summed E-state index contributed by atoms with van der Waals surface area (Å²) in [4.78, 5) is 36.3. The second-order valence-electron chi connectivity index (χ2n) is 6.52. The van der Waals surface area contributed by atoms with Gasteiger partial charge in [0.25, 0.3) is 0 Å². The molecule has 0 radical (unpaired) electrons. The Morgan fingerprint density at radius 1 is 1.07 bits per heavy atom. The molecule has 1 aliphatic heterocycles. The standard InChI is InChI=1S/C23H22N2O5/c1-3-29-22(27)20-15(2)24-23(28)25-21(20)17-10-12-18(13-11-17)30-19(26)14-9-16-7-5-4-6-8-16/h4-14,21H,3H2,1-2H3,(H2,24,25,28). The van der Waals surface area contributed by atoms with E-state index < -0.39 is 24.0 Å². The zero-order chi connectivity index (χ0) is 21.5. The second-order valence-corrected chi connectivity index (χ2v) is 6.52. The van der Waals surface area contributed by atoms with E-state index >= 15 is 0 Å². The molecule has 0 saturated carbocycles. The number of hydrogen-bond donors (Lipinski definition) is 2. The van der Waals surface area contributed by atoms with Gasteiger partial charge in [0.15, 0.2) is 0 Å². The molecule has 0 aliphatic carbocycles. The van der Waals surface area contributed by atoms with E-state index in [1.54, 1.807) is 44.2 Å². The van der Waals surface area contributed by atoms with Gasteiger partial charge in [-0.25, -0.2) is 14.4 Å². The van der Waals surface area contributed by atoms with Crippen LogP contribution in [0.15, 0.2) is 71.9 Å². The Balaban J connectivity index is 1.73. The van der Waals surface area contributed by atoms with Crippen molar-refractivity contribution in [2.24, 2.45) is 0 Å². The fourth-order valence-corrected chi connectivity index (χ4v) is 3.03. The van der Waals surface area contributed by atoms with Crippen molar-refractivity contribution in [3.05, 3.63) is 83.1 Å². The van der Waals surface area contributed by atoms with Gasteiger partial charge in [0.1, 0.15) is 5.75 Å². The van der Waals surface area contributed by atoms with E-state index in [1.165, 1.54) is 6.08 Å². The number of esters is 2. The van der Waals surface area contributed by atoms with Gasteiger partial charge >= 0.3 is 18.0 Å². The predicted octanol–water partition coefficient (Wildman–Crippen LogP) is 3.50. The Kier molecular flexibility index (Phi) is 6.64. The van der Waals surface area contributed by atoms with Crippen LogP contribution in [0, 0.1) is 0 Å². The maximum absolute atomic E-state index is 12.4. The lowest BCUT2D eigenvalue weighted by molar-refractivity contribution is -0.139. The van der Waals surface area contributed by atoms with Crippen LogP contribution >= 0.6 is 0 Å². The van der Waals surface area contributed by atoms with Crippen LogP contribution in [0.4, 0.5) is 4.79 Å². The monoisotopic (exact) mass is 406 g/mol. The van der Waals surface area contributed by atoms with E-state index in [9.17, 15) is 14.4 Å². The summed E-state index contributed by atoms with van der Waals surface area (Å²) < 4.78 is 10.4. The summed E-state index contributed by atoms with van der Waals surface area (Å²) in [5.41, 5.74) is 2.31. The SMILES string of the molecule is CCOC(=O)C1=C(C)NC(=O)NC1c1ccc(OC(=O)C=Cc2ccccc2)cc1. The first kappa shape index (κ1) is 20.9. The van der Waals surface area contributed by atoms with Crippen molar-refractivity contribution < 1.29 is 23.9 Å². The van der Waals surface area contributed by atoms with Crippen molar-refractivity contribution in [2.75, 3.05) is 6.61 Å². The topological polar surface area (TPSA) is 93.7 Å². The van der Waals surface area contributed by atoms with Gasteiger partial charge in [-0.1, -0.05) is 42.5 Å². The summed E-state index contributed by atoms with van der Waals surface area (Å²) in [6, 6.07) is 14.9. The van der Waals surface area contributed by atoms with Crippen LogP contribution in [-0.4, -0.2) is 24.6 Å². The molecule has 0 spiro atoms. The molecule has 1 aliphatic rings. The lowest BCUT2D eigenvalue weighted by Crippen LogP contribution is -2.45. The minimum absolute atomic E-state index is 0.224. The van der Waals surface area contributed by atoms with Crippen LogP contribution in [0.5, 0.6) is 5.75 Å². The highest BCUT2D eigenvalue weighted by Gasteiger charge is 2.32. The van der Waals surface area contributed by atoms with Crippen LogP contribution in [0.25, 0.3) is 6.08 Å². The molecule has 0 saturated heterocycles. The number of allylic oxidation sites excluding steroid dienone is 1. The third-order valence-corrected chi connectivity index (χ3v) is 4.41. The predicted molar refractivity (Wildman–Crippen MR) is 111 cm³/mol. The van der Waals surface area contributed by atoms with Crippen LogP contribution in [0.2, 0.25) is 0 Å². The smallest absolute Gasteiger partial charge is 0.338 e. The highest BCUT2D eigenvalue weighted by atomic mass is 16.5. The second kappa shape index (κ2) is 9.56. The third-order valence-electron chi connectivity index (χ3n) is 4.41. The van der Waals surface area contributed by atoms with E-state index in [4.69, 9.17) is 9.47 Å². The number of hydrogen-bond acceptors (Lipinski definition) is 5. The van der Waals surface area contributed by atoms with Crippen molar-refractivity contribution >= 4 is 24.0 Å². The summed E-state index contributed by atoms with van der Waals surface area (Å²) in [6.07, 6.45) is 3.02. The largest absolute Gasteiger partial charge is 0.463 e. The van der Waals surface area contributed by atoms with Crippen molar-refractivity contribution in [1.82, 2.24) is 10.6 Å². The molecule has 7 nitrogen and oxygen atoms in total. The maximum Gasteiger partial charge on any atom is 0.338 e. The number of urea groups is 1. The zero-order valence-corrected chi connectivity index (χ0v) is 16.7. The normalized spacial score (nSPS) is 16.1. The van der Waals surface area contributed by atoms with Crippen molar-refractivity contribution in [3.8, 4) is 5.75 Å². The lowest BCUT2D eigenvalue weighted by Gasteiger charge is -2.28. The van der Waals surface area contributed by atoms with E-state index in [-0.39, 0.29) is 6.61 Å². The van der Waals surface area contributed by atoms with Crippen LogP contribution in [-0.2, 0) is 14.3 Å². The van der Waals surface area contributed by atoms with Crippen LogP contribution in [0.3, 0.4) is 0 Å². The van der Waals surface area contributed by atoms with E-state index in [2.05, 4.69) is 10.6 Å². The number of amides is 2. The Labute approximate surface area is 174 Å². The summed E-state index contributed by atoms with van der Waals surface area (Å²) in [7, 11) is 0. The molecular formula is C23H22N2O5. The summed E-state index contributed by atoms with van der Waals surface area (Å²) in [5.74, 6) is -0.668. The zero-order valence-electron chi connectivity index (χ0n) is 16.7. The van der Waals surface area contributed by atoms with Gasteiger partial charge in [-0.2, -0.15) is 0 Å². The number of carbonyl (C=O) groups is 3. The van der Waals surface area contributed by atoms with E-state index in [1.807, 2.05) is 30.3 Å². The van der Waals surface area contributed by atoms with Gasteiger partial charge < -0.3 is 20.1 Å². The molecule has 3 rings (SSSR count). The maximum atomic E-state index is 12.4. The fourth-order valence-electron chi connectivity index (χ4n) is 3.03. The molecule has 7 heteroatoms. The molecule has 2 aromatic rings. The minimum atomic E-state index is -0.666. The van der Waals surface area contributed by atoms with Crippen molar-refractivity contribution in [1.29, 1.82) is 0 Å². The number of benzene rings is 2. The molecule has 0 bridgehead atoms. The molecule has 2 amide bonds. The van der Waals surface area contributed by atoms with E-state index in [0.717, 1.165) is 5.56 Å². The Hall–Kier alpha value is -3.87. The Morgan fingerprint density at radius 2 is 1.77 bits per heavy atom. The number of carbonyl (C=O) groups excluding carboxylic acids is 3. The summed E-state index contributed by atoms with van der Waals surface area (Å²) >= 11 is 0. The molecule has 154 valence electrons. The van der Waals surface area contributed by atoms with Gasteiger partial charge in [-0.15, -0.1) is 0 Å². The summed E-state index contributed by atoms with van der Waals surface area (Å²) in [5, 5.41) is 5.31. The summed E-state index contributed by atoms with van der Waals surface area (Å²) in [6.45, 7) is 3.59. The molecule has 30 heavy (non-hydrogen) atoms. The van der Waals surface area contributed by atoms with Crippen LogP contribution < -0.4 is 15.4 Å². The molecule has 0 fully saturated rings. The first-order valence-corrected chi connectivity index (χ1v) is 9.48. The number of nitrogens with one attached hydrogen (secondary N) is 2. The average molecular weight is 406 g/mol. The van der Waals surface area contributed by atoms with Gasteiger partial charge in [0.05, 0.1) is 18.2 Å². The molecule has 1 heterocycles. The first-order chi connectivity index (χ1) is 14.5. The Bertz CT molecular complexity index is 994. The Morgan fingerprint density at radius 3 is 2.43 bits per heavy atom. The highest BCUT2D eigenvalue weighted by molar-refractivity contribution is 5.95. The molecular weight excluding hydrogens is 384 g/mol. The van der Waals surface area contributed by atoms with Gasteiger partial charge in [-0.05, 0) is 43.2 Å². The minimum Gasteiger partial charge on any atom is -0.463 e. The van der Waals surface area contributed by atoms with Gasteiger partial charge in [0, 0.05) is 11.8 Å². The highest BCUT2D eigenvalue weighted by Crippen LogP contribution is 2.28. The molecule has 2 N–H and O–H groups in total. The quantitative estimate of drug-likeness (QED) is 0.435. The van der Waals surface area contributed by atoms with Crippen LogP contribution in [0.1, 0.15) is 31.0 Å². The molecule has 2 aromatic carbocycles. The first-order valence-electron chi connectivity index (χ1n) is 9.48.